The van der Waals surface area contributed by atoms with Gasteiger partial charge in [0.15, 0.2) is 0 Å². The van der Waals surface area contributed by atoms with Gasteiger partial charge >= 0.3 is 5.97 Å². The van der Waals surface area contributed by atoms with Gasteiger partial charge in [-0.2, -0.15) is 0 Å². The van der Waals surface area contributed by atoms with E-state index in [9.17, 15) is 14.0 Å². The third-order valence-electron chi connectivity index (χ3n) is 3.54. The van der Waals surface area contributed by atoms with E-state index >= 15 is 0 Å². The number of rotatable bonds is 6. The van der Waals surface area contributed by atoms with Gasteiger partial charge in [-0.25, -0.2) is 9.18 Å². The lowest BCUT2D eigenvalue weighted by Crippen LogP contribution is -2.31. The average molecular weight is 406 g/mol. The van der Waals surface area contributed by atoms with Crippen LogP contribution in [-0.4, -0.2) is 30.4 Å². The first-order valence-electron chi connectivity index (χ1n) is 7.48. The molecule has 2 aromatic carbocycles. The molecule has 0 saturated heterocycles. The van der Waals surface area contributed by atoms with Gasteiger partial charge < -0.3 is 9.64 Å². The fraction of sp³-hybridized carbons (Fsp3) is 0.158. The zero-order valence-corrected chi connectivity index (χ0v) is 15.3. The lowest BCUT2D eigenvalue weighted by Gasteiger charge is -2.22. The molecule has 2 aromatic rings. The summed E-state index contributed by atoms with van der Waals surface area (Å²) in [5.74, 6) is -1.25. The number of nitrogens with zero attached hydrogens (tertiary/aromatic N) is 1. The molecule has 0 heterocycles. The number of amides is 1. The van der Waals surface area contributed by atoms with E-state index in [1.807, 2.05) is 0 Å². The molecule has 0 aliphatic carbocycles. The molecule has 6 heteroatoms. The fourth-order valence-electron chi connectivity index (χ4n) is 2.32. The third-order valence-corrected chi connectivity index (χ3v) is 4.03. The number of ether oxygens (including phenoxy) is 1. The first kappa shape index (κ1) is 18.9. The van der Waals surface area contributed by atoms with Gasteiger partial charge in [-0.05, 0) is 36.4 Å². The normalized spacial score (nSPS) is 10.2. The van der Waals surface area contributed by atoms with Crippen LogP contribution in [0.1, 0.15) is 26.3 Å². The quantitative estimate of drug-likeness (QED) is 0.534. The van der Waals surface area contributed by atoms with E-state index < -0.39 is 11.8 Å². The van der Waals surface area contributed by atoms with Crippen LogP contribution >= 0.6 is 15.9 Å². The summed E-state index contributed by atoms with van der Waals surface area (Å²) in [5, 5.41) is 0. The van der Waals surface area contributed by atoms with Crippen molar-refractivity contribution in [1.29, 1.82) is 0 Å². The summed E-state index contributed by atoms with van der Waals surface area (Å²) < 4.78 is 19.4. The molecule has 0 spiro atoms. The van der Waals surface area contributed by atoms with Crippen molar-refractivity contribution >= 4 is 27.8 Å². The Morgan fingerprint density at radius 2 is 1.96 bits per heavy atom. The lowest BCUT2D eigenvalue weighted by molar-refractivity contribution is 0.0600. The summed E-state index contributed by atoms with van der Waals surface area (Å²) >= 11 is 3.30. The average Bonchev–Trinajstić information content (AvgIpc) is 2.63. The minimum atomic E-state index is -0.525. The van der Waals surface area contributed by atoms with Gasteiger partial charge in [-0.1, -0.05) is 28.1 Å². The first-order valence-corrected chi connectivity index (χ1v) is 8.28. The van der Waals surface area contributed by atoms with Crippen molar-refractivity contribution in [2.24, 2.45) is 0 Å². The zero-order valence-electron chi connectivity index (χ0n) is 13.7. The molecule has 25 heavy (non-hydrogen) atoms. The summed E-state index contributed by atoms with van der Waals surface area (Å²) in [6.07, 6.45) is 1.57. The Labute approximate surface area is 154 Å². The number of benzene rings is 2. The zero-order chi connectivity index (χ0) is 18.4. The highest BCUT2D eigenvalue weighted by atomic mass is 79.9. The van der Waals surface area contributed by atoms with E-state index in [4.69, 9.17) is 0 Å². The molecule has 0 aliphatic rings. The van der Waals surface area contributed by atoms with Crippen molar-refractivity contribution < 1.29 is 18.7 Å². The van der Waals surface area contributed by atoms with Crippen LogP contribution in [0.2, 0.25) is 0 Å². The van der Waals surface area contributed by atoms with E-state index in [0.717, 1.165) is 4.47 Å². The highest BCUT2D eigenvalue weighted by Gasteiger charge is 2.18. The van der Waals surface area contributed by atoms with Crippen molar-refractivity contribution in [2.75, 3.05) is 13.7 Å². The summed E-state index contributed by atoms with van der Waals surface area (Å²) in [6, 6.07) is 10.8. The standard InChI is InChI=1S/C19H17BrFNO3/c1-3-9-22(12-15-11-16(20)7-8-17(15)21)18(23)13-5-4-6-14(10-13)19(24)25-2/h3-8,10-11H,1,9,12H2,2H3. The number of esters is 1. The molecule has 0 saturated carbocycles. The molecule has 0 aliphatic heterocycles. The Morgan fingerprint density at radius 1 is 1.24 bits per heavy atom. The Balaban J connectivity index is 2.30. The molecule has 0 N–H and O–H groups in total. The van der Waals surface area contributed by atoms with E-state index in [1.165, 1.54) is 24.1 Å². The second-order valence-electron chi connectivity index (χ2n) is 5.28. The minimum Gasteiger partial charge on any atom is -0.465 e. The fourth-order valence-corrected chi connectivity index (χ4v) is 2.73. The van der Waals surface area contributed by atoms with Gasteiger partial charge in [-0.3, -0.25) is 4.79 Å². The largest absolute Gasteiger partial charge is 0.465 e. The molecule has 4 nitrogen and oxygen atoms in total. The molecular formula is C19H17BrFNO3. The van der Waals surface area contributed by atoms with Crippen LogP contribution in [0.15, 0.2) is 59.6 Å². The van der Waals surface area contributed by atoms with Crippen molar-refractivity contribution in [3.8, 4) is 0 Å². The van der Waals surface area contributed by atoms with Gasteiger partial charge in [0.05, 0.1) is 12.7 Å². The van der Waals surface area contributed by atoms with E-state index in [-0.39, 0.29) is 24.6 Å². The number of methoxy groups -OCH3 is 1. The van der Waals surface area contributed by atoms with Crippen LogP contribution in [0, 0.1) is 5.82 Å². The second-order valence-corrected chi connectivity index (χ2v) is 6.20. The molecule has 1 amide bonds. The number of hydrogen-bond donors (Lipinski definition) is 0. The van der Waals surface area contributed by atoms with Crippen LogP contribution < -0.4 is 0 Å². The van der Waals surface area contributed by atoms with Crippen molar-refractivity contribution in [2.45, 2.75) is 6.54 Å². The maximum Gasteiger partial charge on any atom is 0.337 e. The number of hydrogen-bond acceptors (Lipinski definition) is 3. The SMILES string of the molecule is C=CCN(Cc1cc(Br)ccc1F)C(=O)c1cccc(C(=O)OC)c1. The predicted molar refractivity (Wildman–Crippen MR) is 96.8 cm³/mol. The van der Waals surface area contributed by atoms with Crippen molar-refractivity contribution in [3.63, 3.8) is 0 Å². The summed E-state index contributed by atoms with van der Waals surface area (Å²) in [6.45, 7) is 3.97. The molecular weight excluding hydrogens is 389 g/mol. The van der Waals surface area contributed by atoms with Gasteiger partial charge in [-0.15, -0.1) is 6.58 Å². The summed E-state index contributed by atoms with van der Waals surface area (Å²) in [7, 11) is 1.27. The highest BCUT2D eigenvalue weighted by molar-refractivity contribution is 9.10. The first-order chi connectivity index (χ1) is 12.0. The molecule has 0 unspecified atom stereocenters. The predicted octanol–water partition coefficient (Wildman–Crippen LogP) is 4.20. The number of carbonyl (C=O) groups is 2. The van der Waals surface area contributed by atoms with E-state index in [1.54, 1.807) is 36.4 Å². The Bertz CT molecular complexity index is 807. The topological polar surface area (TPSA) is 46.6 Å². The maximum atomic E-state index is 14.0. The second kappa shape index (κ2) is 8.58. The summed E-state index contributed by atoms with van der Waals surface area (Å²) in [4.78, 5) is 25.9. The monoisotopic (exact) mass is 405 g/mol. The van der Waals surface area contributed by atoms with Crippen LogP contribution in [0.25, 0.3) is 0 Å². The Morgan fingerprint density at radius 3 is 2.64 bits per heavy atom. The van der Waals surface area contributed by atoms with Gasteiger partial charge in [0.1, 0.15) is 5.82 Å². The summed E-state index contributed by atoms with van der Waals surface area (Å²) in [5.41, 5.74) is 0.981. The van der Waals surface area contributed by atoms with Gasteiger partial charge in [0, 0.05) is 28.7 Å². The van der Waals surface area contributed by atoms with E-state index in [0.29, 0.717) is 11.1 Å². The molecule has 0 radical (unpaired) electrons. The minimum absolute atomic E-state index is 0.0819. The highest BCUT2D eigenvalue weighted by Crippen LogP contribution is 2.19. The Hall–Kier alpha value is -2.47. The molecule has 0 aromatic heterocycles. The number of halogens is 2. The van der Waals surface area contributed by atoms with Gasteiger partial charge in [0.2, 0.25) is 0 Å². The molecule has 0 fully saturated rings. The van der Waals surface area contributed by atoms with Gasteiger partial charge in [0.25, 0.3) is 5.91 Å². The van der Waals surface area contributed by atoms with Crippen LogP contribution in [-0.2, 0) is 11.3 Å². The Kier molecular flexibility index (Phi) is 6.47. The van der Waals surface area contributed by atoms with Crippen LogP contribution in [0.5, 0.6) is 0 Å². The molecule has 0 atom stereocenters. The van der Waals surface area contributed by atoms with Crippen LogP contribution in [0.3, 0.4) is 0 Å². The van der Waals surface area contributed by atoms with Crippen LogP contribution in [0.4, 0.5) is 4.39 Å². The third kappa shape index (κ3) is 4.76. The molecule has 130 valence electrons. The molecule has 0 bridgehead atoms. The lowest BCUT2D eigenvalue weighted by atomic mass is 10.1. The number of carbonyl (C=O) groups excluding carboxylic acids is 2. The van der Waals surface area contributed by atoms with Crippen molar-refractivity contribution in [3.05, 3.63) is 82.1 Å². The molecule has 2 rings (SSSR count). The van der Waals surface area contributed by atoms with Crippen molar-refractivity contribution in [1.82, 2.24) is 4.90 Å². The van der Waals surface area contributed by atoms with E-state index in [2.05, 4.69) is 27.2 Å². The maximum absolute atomic E-state index is 14.0. The smallest absolute Gasteiger partial charge is 0.337 e.